The summed E-state index contributed by atoms with van der Waals surface area (Å²) in [5, 5.41) is 29.4. The van der Waals surface area contributed by atoms with Crippen LogP contribution in [0.25, 0.3) is 0 Å². The fourth-order valence-electron chi connectivity index (χ4n) is 5.20. The average molecular weight is 725 g/mol. The predicted molar refractivity (Wildman–Crippen MR) is 195 cm³/mol. The maximum Gasteiger partial charge on any atom is 0.326 e. The van der Waals surface area contributed by atoms with Crippen LogP contribution >= 0.6 is 0 Å². The highest BCUT2D eigenvalue weighted by molar-refractivity contribution is 5.95. The topological polar surface area (TPSA) is 281 Å². The van der Waals surface area contributed by atoms with Gasteiger partial charge in [0.05, 0.1) is 12.6 Å². The number of aromatic hydroxyl groups is 1. The van der Waals surface area contributed by atoms with Crippen LogP contribution in [0.15, 0.2) is 59.6 Å². The number of aliphatic imine (C=N–C) groups is 1. The first kappa shape index (κ1) is 42.7. The molecule has 2 rings (SSSR count). The highest BCUT2D eigenvalue weighted by Gasteiger charge is 2.30. The third-order valence-electron chi connectivity index (χ3n) is 8.02. The van der Waals surface area contributed by atoms with E-state index in [1.165, 1.54) is 19.1 Å². The van der Waals surface area contributed by atoms with Crippen molar-refractivity contribution in [3.05, 3.63) is 65.7 Å². The smallest absolute Gasteiger partial charge is 0.326 e. The van der Waals surface area contributed by atoms with Gasteiger partial charge in [0, 0.05) is 25.3 Å². The normalized spacial score (nSPS) is 13.8. The van der Waals surface area contributed by atoms with E-state index in [4.69, 9.17) is 17.2 Å². The molecule has 2 aromatic rings. The second-order valence-corrected chi connectivity index (χ2v) is 13.1. The molecule has 16 heteroatoms. The van der Waals surface area contributed by atoms with Crippen LogP contribution in [0.3, 0.4) is 0 Å². The summed E-state index contributed by atoms with van der Waals surface area (Å²) >= 11 is 0. The molecule has 4 amide bonds. The lowest BCUT2D eigenvalue weighted by Crippen LogP contribution is -2.57. The molecule has 0 aromatic heterocycles. The van der Waals surface area contributed by atoms with Crippen LogP contribution < -0.4 is 38.5 Å². The van der Waals surface area contributed by atoms with Gasteiger partial charge in [-0.15, -0.1) is 0 Å². The highest BCUT2D eigenvalue weighted by atomic mass is 16.4. The number of rotatable bonds is 22. The SMILES string of the molecule is CC(C)CC(NC(=O)C(Cc1ccccc1)NC(=O)CNC(=O)[C@H](C)CC(=O)C(N)Cc1ccc(O)cc1)C(=O)N[C@H](CCCN=C(N)N)C(=O)O. The zero-order valence-corrected chi connectivity index (χ0v) is 29.8. The number of Topliss-reactive ketones (excluding diaryl/α,β-unsaturated/α-hetero) is 1. The molecule has 52 heavy (non-hydrogen) atoms. The van der Waals surface area contributed by atoms with Crippen molar-refractivity contribution >= 4 is 41.3 Å². The van der Waals surface area contributed by atoms with Crippen molar-refractivity contribution in [1.29, 1.82) is 0 Å². The van der Waals surface area contributed by atoms with Crippen LogP contribution in [0.1, 0.15) is 57.6 Å². The molecular formula is C36H52N8O8. The average Bonchev–Trinajstić information content (AvgIpc) is 3.08. The van der Waals surface area contributed by atoms with E-state index in [-0.39, 0.29) is 68.5 Å². The van der Waals surface area contributed by atoms with Gasteiger partial charge in [0.25, 0.3) is 0 Å². The first-order valence-electron chi connectivity index (χ1n) is 17.1. The van der Waals surface area contributed by atoms with Gasteiger partial charge in [-0.05, 0) is 54.9 Å². The number of carboxylic acids is 1. The molecule has 3 unspecified atom stereocenters. The van der Waals surface area contributed by atoms with Crippen molar-refractivity contribution in [2.45, 2.75) is 83.5 Å². The number of guanidine groups is 1. The summed E-state index contributed by atoms with van der Waals surface area (Å²) in [5.74, 6) is -5.19. The van der Waals surface area contributed by atoms with Gasteiger partial charge in [-0.1, -0.05) is 63.2 Å². The van der Waals surface area contributed by atoms with Gasteiger partial charge >= 0.3 is 5.97 Å². The molecule has 0 radical (unpaired) electrons. The van der Waals surface area contributed by atoms with E-state index in [1.807, 2.05) is 13.8 Å². The Labute approximate surface area is 303 Å². The summed E-state index contributed by atoms with van der Waals surface area (Å²) in [6.07, 6.45) is 0.606. The number of phenolic OH excluding ortho intramolecular Hbond substituents is 1. The Balaban J connectivity index is 2.06. The Morgan fingerprint density at radius 2 is 1.37 bits per heavy atom. The molecule has 0 fully saturated rings. The Morgan fingerprint density at radius 1 is 0.769 bits per heavy atom. The molecule has 0 saturated heterocycles. The minimum Gasteiger partial charge on any atom is -0.508 e. The van der Waals surface area contributed by atoms with Crippen LogP contribution in [-0.2, 0) is 41.6 Å². The number of benzene rings is 2. The van der Waals surface area contributed by atoms with Crippen molar-refractivity contribution in [3.8, 4) is 5.75 Å². The molecule has 0 aliphatic carbocycles. The van der Waals surface area contributed by atoms with Gasteiger partial charge < -0.3 is 48.7 Å². The van der Waals surface area contributed by atoms with E-state index < -0.39 is 66.2 Å². The zero-order valence-electron chi connectivity index (χ0n) is 29.8. The molecular weight excluding hydrogens is 672 g/mol. The van der Waals surface area contributed by atoms with E-state index in [0.717, 1.165) is 5.56 Å². The molecule has 284 valence electrons. The van der Waals surface area contributed by atoms with Crippen molar-refractivity contribution in [2.75, 3.05) is 13.1 Å². The van der Waals surface area contributed by atoms with Crippen LogP contribution in [0.4, 0.5) is 0 Å². The lowest BCUT2D eigenvalue weighted by atomic mass is 9.95. The van der Waals surface area contributed by atoms with E-state index in [0.29, 0.717) is 5.56 Å². The number of carbonyl (C=O) groups is 6. The minimum atomic E-state index is -1.26. The fourth-order valence-corrected chi connectivity index (χ4v) is 5.20. The quantitative estimate of drug-likeness (QED) is 0.0438. The number of nitrogens with one attached hydrogen (secondary N) is 4. The molecule has 12 N–H and O–H groups in total. The zero-order chi connectivity index (χ0) is 38.8. The van der Waals surface area contributed by atoms with Gasteiger partial charge in [-0.25, -0.2) is 4.79 Å². The van der Waals surface area contributed by atoms with E-state index >= 15 is 0 Å². The van der Waals surface area contributed by atoms with Crippen molar-refractivity contribution in [1.82, 2.24) is 21.3 Å². The molecule has 2 aromatic carbocycles. The molecule has 0 aliphatic heterocycles. The molecule has 0 saturated carbocycles. The molecule has 5 atom stereocenters. The number of phenols is 1. The number of nitrogens with two attached hydrogens (primary N) is 3. The summed E-state index contributed by atoms with van der Waals surface area (Å²) < 4.78 is 0. The summed E-state index contributed by atoms with van der Waals surface area (Å²) in [7, 11) is 0. The second kappa shape index (κ2) is 21.6. The monoisotopic (exact) mass is 724 g/mol. The van der Waals surface area contributed by atoms with Gasteiger partial charge in [0.2, 0.25) is 23.6 Å². The molecule has 0 spiro atoms. The van der Waals surface area contributed by atoms with Crippen molar-refractivity contribution in [3.63, 3.8) is 0 Å². The van der Waals surface area contributed by atoms with E-state index in [2.05, 4.69) is 26.3 Å². The molecule has 0 bridgehead atoms. The van der Waals surface area contributed by atoms with E-state index in [1.54, 1.807) is 42.5 Å². The predicted octanol–water partition coefficient (Wildman–Crippen LogP) is -0.145. The van der Waals surface area contributed by atoms with Gasteiger partial charge in [0.15, 0.2) is 11.7 Å². The van der Waals surface area contributed by atoms with Crippen molar-refractivity contribution < 1.29 is 39.0 Å². The summed E-state index contributed by atoms with van der Waals surface area (Å²) in [4.78, 5) is 81.2. The largest absolute Gasteiger partial charge is 0.508 e. The number of amides is 4. The summed E-state index contributed by atoms with van der Waals surface area (Å²) in [6, 6.07) is 10.7. The number of nitrogens with zero attached hydrogens (tertiary/aromatic N) is 1. The summed E-state index contributed by atoms with van der Waals surface area (Å²) in [5.41, 5.74) is 18.1. The van der Waals surface area contributed by atoms with Gasteiger partial charge in [0.1, 0.15) is 23.9 Å². The number of carbonyl (C=O) groups excluding carboxylic acids is 5. The second-order valence-electron chi connectivity index (χ2n) is 13.1. The van der Waals surface area contributed by atoms with Crippen molar-refractivity contribution in [2.24, 2.45) is 34.0 Å². The lowest BCUT2D eigenvalue weighted by Gasteiger charge is -2.26. The maximum absolute atomic E-state index is 13.6. The first-order chi connectivity index (χ1) is 24.5. The third-order valence-corrected chi connectivity index (χ3v) is 8.02. The molecule has 16 nitrogen and oxygen atoms in total. The Bertz CT molecular complexity index is 1530. The van der Waals surface area contributed by atoms with Crippen LogP contribution in [0, 0.1) is 11.8 Å². The highest BCUT2D eigenvalue weighted by Crippen LogP contribution is 2.13. The molecule has 0 heterocycles. The standard InChI is InChI=1S/C36H52N8O8/c1-21(2)16-28(33(49)43-27(35(51)52)10-7-15-40-36(38)39)44-34(50)29(19-23-8-5-4-6-9-23)42-31(47)20-41-32(48)22(3)17-30(46)26(37)18-24-11-13-25(45)14-12-24/h4-6,8-9,11-14,21-22,26-29,45H,7,10,15-20,37H2,1-3H3,(H,41,48)(H,42,47)(H,43,49)(H,44,50)(H,51,52)(H4,38,39,40)/t22-,26?,27-,28?,29?/m1/s1. The lowest BCUT2D eigenvalue weighted by molar-refractivity contribution is -0.142. The Kier molecular flexibility index (Phi) is 17.8. The van der Waals surface area contributed by atoms with Gasteiger partial charge in [-0.2, -0.15) is 0 Å². The van der Waals surface area contributed by atoms with Crippen LogP contribution in [0.2, 0.25) is 0 Å². The fraction of sp³-hybridized carbons (Fsp3) is 0.472. The number of ketones is 1. The Hall–Kier alpha value is -5.51. The number of carboxylic acid groups (broad SMARTS) is 1. The third kappa shape index (κ3) is 16.0. The number of hydrogen-bond donors (Lipinski definition) is 9. The number of hydrogen-bond acceptors (Lipinski definition) is 9. The van der Waals surface area contributed by atoms with Crippen LogP contribution in [-0.4, -0.2) is 88.8 Å². The minimum absolute atomic E-state index is 0.0397. The summed E-state index contributed by atoms with van der Waals surface area (Å²) in [6.45, 7) is 4.87. The van der Waals surface area contributed by atoms with Crippen LogP contribution in [0.5, 0.6) is 5.75 Å². The molecule has 0 aliphatic rings. The van der Waals surface area contributed by atoms with Gasteiger partial charge in [-0.3, -0.25) is 29.0 Å². The Morgan fingerprint density at radius 3 is 1.96 bits per heavy atom. The van der Waals surface area contributed by atoms with E-state index in [9.17, 15) is 39.0 Å². The first-order valence-corrected chi connectivity index (χ1v) is 17.1. The number of aliphatic carboxylic acids is 1. The maximum atomic E-state index is 13.6.